The monoisotopic (exact) mass is 1530 g/mol. The van der Waals surface area contributed by atoms with Gasteiger partial charge in [-0.25, -0.2) is 0 Å². The van der Waals surface area contributed by atoms with Gasteiger partial charge in [0.05, 0.1) is 11.1 Å². The number of aromatic nitrogens is 1. The highest BCUT2D eigenvalue weighted by Gasteiger charge is 2.39. The number of carbonyl (C=O) groups is 8. The number of benzene rings is 7. The number of rotatable bonds is 16. The third kappa shape index (κ3) is 22.3. The smallest absolute Gasteiger partial charge is 0.380 e. The summed E-state index contributed by atoms with van der Waals surface area (Å²) < 4.78 is 39.1. The number of fused-ring (bicyclic) bond motifs is 2. The number of carbonyl (C=O) groups excluding carboxylic acids is 8. The fourth-order valence-electron chi connectivity index (χ4n) is 12.2. The number of aliphatic hydroxyl groups is 8. The van der Waals surface area contributed by atoms with Gasteiger partial charge < -0.3 is 89.9 Å². The van der Waals surface area contributed by atoms with Gasteiger partial charge in [0.15, 0.2) is 48.8 Å². The number of amides is 7. The van der Waals surface area contributed by atoms with Crippen molar-refractivity contribution in [2.24, 2.45) is 0 Å². The van der Waals surface area contributed by atoms with Crippen LogP contribution in [0, 0.1) is 11.8 Å². The zero-order valence-corrected chi connectivity index (χ0v) is 62.8. The lowest BCUT2D eigenvalue weighted by molar-refractivity contribution is -0.156. The Bertz CT molecular complexity index is 4560. The number of anilines is 3. The maximum absolute atomic E-state index is 12.6. The van der Waals surface area contributed by atoms with Crippen LogP contribution < -0.4 is 14.7 Å². The van der Waals surface area contributed by atoms with E-state index >= 15 is 0 Å². The first-order valence-electron chi connectivity index (χ1n) is 35.6. The summed E-state index contributed by atoms with van der Waals surface area (Å²) in [7, 11) is 11.5. The molecule has 3 aliphatic heterocycles. The minimum absolute atomic E-state index is 0.208. The van der Waals surface area contributed by atoms with E-state index in [0.717, 1.165) is 76.1 Å². The molecule has 1 aromatic heterocycles. The van der Waals surface area contributed by atoms with Crippen molar-refractivity contribution in [2.75, 3.05) is 150 Å². The third-order valence-electron chi connectivity index (χ3n) is 18.8. The topological polar surface area (TPSA) is 336 Å². The highest BCUT2D eigenvalue weighted by molar-refractivity contribution is 5.98. The Morgan fingerprint density at radius 3 is 1.08 bits per heavy atom. The second-order valence-electron chi connectivity index (χ2n) is 27.3. The van der Waals surface area contributed by atoms with Crippen molar-refractivity contribution < 1.29 is 92.4 Å². The van der Waals surface area contributed by atoms with Crippen molar-refractivity contribution in [1.29, 1.82) is 0 Å². The molecule has 3 saturated heterocycles. The van der Waals surface area contributed by atoms with E-state index in [2.05, 4.69) is 88.4 Å². The summed E-state index contributed by atoms with van der Waals surface area (Å²) in [6.07, 6.45) is -17.3. The van der Waals surface area contributed by atoms with Gasteiger partial charge >= 0.3 is 6.18 Å². The molecule has 27 nitrogen and oxygen atoms in total. The van der Waals surface area contributed by atoms with Crippen LogP contribution in [0.25, 0.3) is 32.8 Å². The third-order valence-corrected chi connectivity index (χ3v) is 18.8. The SMILES string of the molecule is CN(C)C(=O)[C@H](O)[C@@H](O)C(=O)N1CCN(c2ccc(-c3ccccc3)cc2)CC1.CN(C)C(=O)[C@H](O)[C@@H](O)C(=O)N1CCN(c2ccc(C(F)(F)F)cc2)CC1.CN(C)C(=O)[C@H](O)[C@@H](O)C(=O)N1CCN(c2ccc3ccccc3c2)CC1.CN(C)C(=O)[C@H](O)[C@@H](O)C(=O)n1ccc2cc(C#Cc3ccccc3)ccc21. The Labute approximate surface area is 640 Å². The first kappa shape index (κ1) is 85.3. The predicted molar refractivity (Wildman–Crippen MR) is 411 cm³/mol. The molecular weight excluding hydrogens is 1440 g/mol. The van der Waals surface area contributed by atoms with E-state index in [0.29, 0.717) is 76.7 Å². The molecule has 3 aliphatic rings. The Hall–Kier alpha value is -11.3. The number of hydrogen-bond donors (Lipinski definition) is 8. The van der Waals surface area contributed by atoms with E-state index < -0.39 is 108 Å². The largest absolute Gasteiger partial charge is 0.416 e. The van der Waals surface area contributed by atoms with Crippen LogP contribution in [0.4, 0.5) is 30.2 Å². The van der Waals surface area contributed by atoms with E-state index in [9.17, 15) is 92.4 Å². The van der Waals surface area contributed by atoms with Gasteiger partial charge in [-0.05, 0) is 107 Å². The zero-order chi connectivity index (χ0) is 81.1. The second kappa shape index (κ2) is 38.9. The van der Waals surface area contributed by atoms with Gasteiger partial charge in [-0.3, -0.25) is 42.9 Å². The number of aliphatic hydroxyl groups excluding tert-OH is 8. The molecule has 0 radical (unpaired) electrons. The Morgan fingerprint density at radius 2 is 0.676 bits per heavy atom. The molecule has 8 aromatic rings. The van der Waals surface area contributed by atoms with Crippen LogP contribution in [0.5, 0.6) is 0 Å². The summed E-state index contributed by atoms with van der Waals surface area (Å²) in [6.45, 7) is 5.25. The maximum Gasteiger partial charge on any atom is 0.416 e. The number of halogens is 3. The molecule has 0 unspecified atom stereocenters. The van der Waals surface area contributed by atoms with Crippen molar-refractivity contribution in [3.8, 4) is 23.0 Å². The Balaban J connectivity index is 0.000000186. The molecule has 8 atom stereocenters. The van der Waals surface area contributed by atoms with Gasteiger partial charge in [-0.15, -0.1) is 0 Å². The van der Waals surface area contributed by atoms with Crippen molar-refractivity contribution in [1.82, 2.24) is 38.9 Å². The normalized spacial score (nSPS) is 15.8. The van der Waals surface area contributed by atoms with Crippen molar-refractivity contribution in [2.45, 2.75) is 55.0 Å². The molecule has 7 aromatic carbocycles. The maximum atomic E-state index is 12.6. The van der Waals surface area contributed by atoms with Crippen LogP contribution in [0.3, 0.4) is 0 Å². The van der Waals surface area contributed by atoms with E-state index in [-0.39, 0.29) is 13.1 Å². The summed E-state index contributed by atoms with van der Waals surface area (Å²) in [6, 6.07) is 54.2. The molecule has 30 heteroatoms. The number of nitrogens with zero attached hydrogens (tertiary/aromatic N) is 11. The first-order valence-corrected chi connectivity index (χ1v) is 35.6. The molecular formula is C81H94F3N11O16. The Morgan fingerprint density at radius 1 is 0.333 bits per heavy atom. The lowest BCUT2D eigenvalue weighted by atomic mass is 10.1. The molecule has 0 spiro atoms. The standard InChI is InChI=1S/C22H27N3O4.C22H20N2O4.C20H25N3O4.C17H22F3N3O4/c1-23(2)21(28)19(26)20(27)22(29)25-14-12-24(13-15-25)18-10-8-17(9-11-18)16-6-4-3-5-7-16;1-23(2)21(27)19(25)20(26)22(28)24-13-12-17-14-16(10-11-18(17)24)9-8-15-6-4-3-5-7-15;1-21(2)19(26)17(24)18(25)20(27)23-11-9-22(10-12-23)16-8-7-14-5-3-4-6-15(14)13-16;1-21(2)15(26)13(24)14(25)16(27)23-9-7-22(8-10-23)12-5-3-11(4-6-12)17(18,19)20/h3-11,19-20,26-27H,12-15H2,1-2H3;3-7,10-14,19-20,25-26H,1-2H3;3-8,13,17-18,24-25H,9-12H2,1-2H3;3-6,13-14,24-25H,7-10H2,1-2H3/t2*19-,20-;17-,18-;13-,14-/m1111/s1. The lowest BCUT2D eigenvalue weighted by Gasteiger charge is -2.37. The molecule has 590 valence electrons. The van der Waals surface area contributed by atoms with Crippen LogP contribution in [-0.4, -0.2) is 311 Å². The van der Waals surface area contributed by atoms with E-state index in [1.807, 2.05) is 71.6 Å². The molecule has 0 bridgehead atoms. The fourth-order valence-corrected chi connectivity index (χ4v) is 12.2. The minimum atomic E-state index is -4.40. The van der Waals surface area contributed by atoms with Crippen LogP contribution in [0.15, 0.2) is 182 Å². The van der Waals surface area contributed by atoms with Gasteiger partial charge in [0.2, 0.25) is 0 Å². The number of hydrogen-bond acceptors (Lipinski definition) is 19. The molecule has 4 heterocycles. The van der Waals surface area contributed by atoms with Crippen LogP contribution in [0.2, 0.25) is 0 Å². The minimum Gasteiger partial charge on any atom is -0.380 e. The van der Waals surface area contributed by atoms with Crippen LogP contribution >= 0.6 is 0 Å². The summed E-state index contributed by atoms with van der Waals surface area (Å²) in [4.78, 5) is 112. The van der Waals surface area contributed by atoms with Gasteiger partial charge in [-0.2, -0.15) is 13.2 Å². The molecule has 3 fully saturated rings. The molecule has 0 saturated carbocycles. The summed E-state index contributed by atoms with van der Waals surface area (Å²) in [5.74, 6) is 0.479. The molecule has 0 aliphatic carbocycles. The average Bonchev–Trinajstić information content (AvgIpc) is 1.71. The quantitative estimate of drug-likeness (QED) is 0.0645. The number of likely N-dealkylation sites (N-methyl/N-ethyl adjacent to an activating group) is 4. The Kier molecular flexibility index (Phi) is 29.9. The predicted octanol–water partition coefficient (Wildman–Crippen LogP) is 2.77. The van der Waals surface area contributed by atoms with Gasteiger partial charge in [-0.1, -0.05) is 103 Å². The summed E-state index contributed by atoms with van der Waals surface area (Å²) in [5.41, 5.74) is 6.56. The molecule has 11 rings (SSSR count). The highest BCUT2D eigenvalue weighted by atomic mass is 19.4. The lowest BCUT2D eigenvalue weighted by Crippen LogP contribution is -2.55. The molecule has 8 N–H and O–H groups in total. The van der Waals surface area contributed by atoms with Gasteiger partial charge in [0.25, 0.3) is 47.3 Å². The second-order valence-corrected chi connectivity index (χ2v) is 27.3. The van der Waals surface area contributed by atoms with Crippen molar-refractivity contribution in [3.63, 3.8) is 0 Å². The first-order chi connectivity index (χ1) is 52.7. The average molecular weight is 1530 g/mol. The van der Waals surface area contributed by atoms with E-state index in [1.54, 1.807) is 18.2 Å². The van der Waals surface area contributed by atoms with E-state index in [4.69, 9.17) is 0 Å². The van der Waals surface area contributed by atoms with Crippen LogP contribution in [-0.2, 0) is 39.7 Å². The molecule has 7 amide bonds. The highest BCUT2D eigenvalue weighted by Crippen LogP contribution is 2.32. The number of piperazine rings is 3. The van der Waals surface area contributed by atoms with Crippen LogP contribution in [0.1, 0.15) is 21.5 Å². The summed E-state index contributed by atoms with van der Waals surface area (Å²) in [5, 5.41) is 82.8. The molecule has 111 heavy (non-hydrogen) atoms. The summed E-state index contributed by atoms with van der Waals surface area (Å²) >= 11 is 0. The van der Waals surface area contributed by atoms with Gasteiger partial charge in [0.1, 0.15) is 0 Å². The van der Waals surface area contributed by atoms with E-state index in [1.165, 1.54) is 99.4 Å². The van der Waals surface area contributed by atoms with Gasteiger partial charge in [0, 0.05) is 175 Å². The zero-order valence-electron chi connectivity index (χ0n) is 62.8. The van der Waals surface area contributed by atoms with Crippen molar-refractivity contribution in [3.05, 3.63) is 199 Å². The number of alkyl halides is 3. The van der Waals surface area contributed by atoms with Crippen molar-refractivity contribution >= 4 is 86.0 Å². The fraction of sp³-hybridized carbons (Fsp3) is 0.358.